The molecule has 1 fully saturated rings. The zero-order chi connectivity index (χ0) is 23.0. The van der Waals surface area contributed by atoms with Crippen LogP contribution in [0.4, 0.5) is 0 Å². The first-order chi connectivity index (χ1) is 15.9. The molecule has 0 radical (unpaired) electrons. The van der Waals surface area contributed by atoms with Gasteiger partial charge in [-0.1, -0.05) is 6.07 Å². The van der Waals surface area contributed by atoms with E-state index in [0.717, 1.165) is 12.8 Å². The molecule has 0 unspecified atom stereocenters. The number of rotatable bonds is 7. The number of nitrogens with zero attached hydrogens (tertiary/aromatic N) is 5. The van der Waals surface area contributed by atoms with E-state index >= 15 is 0 Å². The van der Waals surface area contributed by atoms with Gasteiger partial charge in [0.25, 0.3) is 0 Å². The number of aromatic nitrogens is 4. The van der Waals surface area contributed by atoms with Gasteiger partial charge < -0.3 is 9.73 Å². The standard InChI is InChI=1S/C21H22N6O5S/c28-20(22-14-19-24-23-18-5-1-2-11-27(18)19)8-12-26-16-7-6-15(13-17(16)32-21(26)29)33(30,31)25-9-3-4-10-25/h1-2,5-7,11,13H,3-4,8-10,12,14H2,(H,22,28). The van der Waals surface area contributed by atoms with Gasteiger partial charge in [-0.2, -0.15) is 4.31 Å². The van der Waals surface area contributed by atoms with Gasteiger partial charge in [0.05, 0.1) is 17.0 Å². The van der Waals surface area contributed by atoms with Gasteiger partial charge in [-0.25, -0.2) is 13.2 Å². The van der Waals surface area contributed by atoms with Crippen LogP contribution in [0, 0.1) is 0 Å². The quantitative estimate of drug-likeness (QED) is 0.428. The minimum absolute atomic E-state index is 0.0408. The summed E-state index contributed by atoms with van der Waals surface area (Å²) in [6, 6.07) is 9.90. The second kappa shape index (κ2) is 8.45. The molecule has 0 atom stereocenters. The van der Waals surface area contributed by atoms with E-state index < -0.39 is 15.8 Å². The van der Waals surface area contributed by atoms with Crippen LogP contribution in [0.2, 0.25) is 0 Å². The van der Waals surface area contributed by atoms with Crippen LogP contribution in [0.3, 0.4) is 0 Å². The average Bonchev–Trinajstić information content (AvgIpc) is 3.55. The first kappa shape index (κ1) is 21.3. The summed E-state index contributed by atoms with van der Waals surface area (Å²) in [6.07, 6.45) is 3.52. The van der Waals surface area contributed by atoms with Gasteiger partial charge in [0.2, 0.25) is 15.9 Å². The largest absolute Gasteiger partial charge is 0.419 e. The molecule has 0 aliphatic carbocycles. The molecule has 12 heteroatoms. The molecular weight excluding hydrogens is 448 g/mol. The number of amides is 1. The highest BCUT2D eigenvalue weighted by Gasteiger charge is 2.28. The minimum Gasteiger partial charge on any atom is -0.408 e. The summed E-state index contributed by atoms with van der Waals surface area (Å²) in [5.74, 6) is -0.314. The maximum absolute atomic E-state index is 12.8. The third-order valence-corrected chi connectivity index (χ3v) is 7.63. The van der Waals surface area contributed by atoms with Crippen molar-refractivity contribution in [2.45, 2.75) is 37.2 Å². The molecule has 4 aromatic rings. The highest BCUT2D eigenvalue weighted by Crippen LogP contribution is 2.24. The molecule has 0 spiro atoms. The van der Waals surface area contributed by atoms with Crippen molar-refractivity contribution >= 4 is 32.7 Å². The smallest absolute Gasteiger partial charge is 0.408 e. The lowest BCUT2D eigenvalue weighted by atomic mass is 10.3. The van der Waals surface area contributed by atoms with Gasteiger partial charge >= 0.3 is 5.76 Å². The first-order valence-corrected chi connectivity index (χ1v) is 12.1. The van der Waals surface area contributed by atoms with Crippen LogP contribution in [-0.2, 0) is 27.9 Å². The molecule has 1 aromatic carbocycles. The van der Waals surface area contributed by atoms with Crippen LogP contribution >= 0.6 is 0 Å². The monoisotopic (exact) mass is 470 g/mol. The summed E-state index contributed by atoms with van der Waals surface area (Å²) in [5, 5.41) is 10.9. The van der Waals surface area contributed by atoms with Gasteiger partial charge in [0.1, 0.15) is 0 Å². The van der Waals surface area contributed by atoms with Crippen molar-refractivity contribution in [1.82, 2.24) is 28.8 Å². The van der Waals surface area contributed by atoms with Crippen LogP contribution in [0.5, 0.6) is 0 Å². The second-order valence-electron chi connectivity index (χ2n) is 7.83. The van der Waals surface area contributed by atoms with Gasteiger partial charge in [0.15, 0.2) is 17.1 Å². The zero-order valence-corrected chi connectivity index (χ0v) is 18.5. The number of sulfonamides is 1. The third-order valence-electron chi connectivity index (χ3n) is 5.73. The van der Waals surface area contributed by atoms with Gasteiger partial charge in [-0.05, 0) is 37.1 Å². The number of hydrogen-bond donors (Lipinski definition) is 1. The molecule has 172 valence electrons. The maximum Gasteiger partial charge on any atom is 0.419 e. The number of pyridine rings is 1. The summed E-state index contributed by atoms with van der Waals surface area (Å²) in [4.78, 5) is 24.8. The average molecular weight is 471 g/mol. The van der Waals surface area contributed by atoms with E-state index in [1.165, 1.54) is 21.0 Å². The first-order valence-electron chi connectivity index (χ1n) is 10.6. The Labute approximate surface area is 188 Å². The van der Waals surface area contributed by atoms with Crippen molar-refractivity contribution in [2.24, 2.45) is 0 Å². The molecule has 11 nitrogen and oxygen atoms in total. The van der Waals surface area contributed by atoms with Crippen LogP contribution in [0.25, 0.3) is 16.7 Å². The fourth-order valence-corrected chi connectivity index (χ4v) is 5.52. The molecule has 1 aliphatic heterocycles. The Bertz CT molecular complexity index is 1500. The van der Waals surface area contributed by atoms with E-state index in [0.29, 0.717) is 30.1 Å². The third kappa shape index (κ3) is 4.02. The summed E-state index contributed by atoms with van der Waals surface area (Å²) in [6.45, 7) is 1.27. The van der Waals surface area contributed by atoms with Crippen molar-refractivity contribution in [1.29, 1.82) is 0 Å². The number of nitrogens with one attached hydrogen (secondary N) is 1. The molecule has 33 heavy (non-hydrogen) atoms. The number of aryl methyl sites for hydroxylation is 1. The van der Waals surface area contributed by atoms with Crippen LogP contribution in [-0.4, -0.2) is 50.9 Å². The summed E-state index contributed by atoms with van der Waals surface area (Å²) >= 11 is 0. The second-order valence-corrected chi connectivity index (χ2v) is 9.77. The van der Waals surface area contributed by atoms with Gasteiger partial charge in [-0.3, -0.25) is 13.8 Å². The van der Waals surface area contributed by atoms with Crippen LogP contribution in [0.1, 0.15) is 25.1 Å². The Kier molecular flexibility index (Phi) is 5.46. The van der Waals surface area contributed by atoms with E-state index in [9.17, 15) is 18.0 Å². The molecule has 3 aromatic heterocycles. The summed E-state index contributed by atoms with van der Waals surface area (Å²) in [5.41, 5.74) is 1.30. The highest BCUT2D eigenvalue weighted by atomic mass is 32.2. The van der Waals surface area contributed by atoms with E-state index in [1.54, 1.807) is 10.5 Å². The SMILES string of the molecule is O=C(CCn1c(=O)oc2cc(S(=O)(=O)N3CCCC3)ccc21)NCc1nnc2ccccn12. The molecule has 1 saturated heterocycles. The lowest BCUT2D eigenvalue weighted by Crippen LogP contribution is -2.27. The predicted octanol–water partition coefficient (Wildman–Crippen LogP) is 1.13. The number of benzene rings is 1. The van der Waals surface area contributed by atoms with E-state index in [1.807, 2.05) is 24.4 Å². The number of hydrogen-bond acceptors (Lipinski definition) is 7. The van der Waals surface area contributed by atoms with Crippen molar-refractivity contribution in [3.63, 3.8) is 0 Å². The molecule has 0 saturated carbocycles. The van der Waals surface area contributed by atoms with Gasteiger partial charge in [0, 0.05) is 38.3 Å². The Hall–Kier alpha value is -3.51. The molecular formula is C21H22N6O5S. The van der Waals surface area contributed by atoms with E-state index in [-0.39, 0.29) is 35.9 Å². The summed E-state index contributed by atoms with van der Waals surface area (Å²) in [7, 11) is -3.62. The van der Waals surface area contributed by atoms with Crippen LogP contribution in [0.15, 0.2) is 56.7 Å². The predicted molar refractivity (Wildman–Crippen MR) is 118 cm³/mol. The molecule has 4 heterocycles. The summed E-state index contributed by atoms with van der Waals surface area (Å²) < 4.78 is 35.4. The highest BCUT2D eigenvalue weighted by molar-refractivity contribution is 7.89. The number of fused-ring (bicyclic) bond motifs is 2. The van der Waals surface area contributed by atoms with E-state index in [2.05, 4.69) is 15.5 Å². The van der Waals surface area contributed by atoms with Crippen molar-refractivity contribution in [2.75, 3.05) is 13.1 Å². The fraction of sp³-hybridized carbons (Fsp3) is 0.333. The zero-order valence-electron chi connectivity index (χ0n) is 17.7. The topological polar surface area (TPSA) is 132 Å². The Morgan fingerprint density at radius 3 is 2.76 bits per heavy atom. The van der Waals surface area contributed by atoms with Crippen LogP contribution < -0.4 is 11.1 Å². The molecule has 1 aliphatic rings. The number of oxazole rings is 1. The van der Waals surface area contributed by atoms with Crippen molar-refractivity contribution in [3.05, 3.63) is 59.0 Å². The van der Waals surface area contributed by atoms with Crippen molar-refractivity contribution < 1.29 is 17.6 Å². The molecule has 0 bridgehead atoms. The Balaban J connectivity index is 1.27. The lowest BCUT2D eigenvalue weighted by molar-refractivity contribution is -0.121. The van der Waals surface area contributed by atoms with Gasteiger partial charge in [-0.15, -0.1) is 10.2 Å². The minimum atomic E-state index is -3.62. The van der Waals surface area contributed by atoms with Crippen molar-refractivity contribution in [3.8, 4) is 0 Å². The Morgan fingerprint density at radius 1 is 1.12 bits per heavy atom. The number of carbonyl (C=O) groups excluding carboxylic acids is 1. The van der Waals surface area contributed by atoms with E-state index in [4.69, 9.17) is 4.42 Å². The fourth-order valence-electron chi connectivity index (χ4n) is 3.99. The number of carbonyl (C=O) groups is 1. The lowest BCUT2D eigenvalue weighted by Gasteiger charge is -2.15. The maximum atomic E-state index is 12.8. The molecule has 5 rings (SSSR count). The molecule has 1 N–H and O–H groups in total. The Morgan fingerprint density at radius 2 is 1.94 bits per heavy atom. The normalized spacial score (nSPS) is 14.9. The molecule has 1 amide bonds.